The average Bonchev–Trinajstić information content (AvgIpc) is 2.28. The summed E-state index contributed by atoms with van der Waals surface area (Å²) in [6.07, 6.45) is 0.255. The van der Waals surface area contributed by atoms with E-state index < -0.39 is 11.6 Å². The quantitative estimate of drug-likeness (QED) is 0.882. The Kier molecular flexibility index (Phi) is 4.43. The average molecular weight is 255 g/mol. The molecule has 1 atom stereocenters. The molecule has 0 spiro atoms. The molecule has 1 N–H and O–H groups in total. The van der Waals surface area contributed by atoms with E-state index in [1.54, 1.807) is 7.05 Å². The van der Waals surface area contributed by atoms with Crippen molar-refractivity contribution in [1.29, 1.82) is 0 Å². The molecule has 0 radical (unpaired) electrons. The van der Waals surface area contributed by atoms with Crippen LogP contribution in [0.5, 0.6) is 0 Å². The Balaban J connectivity index is 3.10. The zero-order valence-electron chi connectivity index (χ0n) is 11.2. The van der Waals surface area contributed by atoms with Crippen LogP contribution in [0.1, 0.15) is 38.7 Å². The highest BCUT2D eigenvalue weighted by molar-refractivity contribution is 5.76. The fourth-order valence-electron chi connectivity index (χ4n) is 1.94. The van der Waals surface area contributed by atoms with Crippen molar-refractivity contribution in [1.82, 2.24) is 5.32 Å². The van der Waals surface area contributed by atoms with Crippen molar-refractivity contribution < 1.29 is 13.6 Å². The number of hydrogen-bond donors (Lipinski definition) is 1. The van der Waals surface area contributed by atoms with Crippen LogP contribution in [0, 0.1) is 17.0 Å². The zero-order valence-corrected chi connectivity index (χ0v) is 11.2. The molecule has 0 saturated carbocycles. The molecule has 0 aliphatic heterocycles. The summed E-state index contributed by atoms with van der Waals surface area (Å²) in [7, 11) is 1.56. The molecule has 1 rings (SSSR count). The first-order valence-corrected chi connectivity index (χ1v) is 5.91. The number of benzene rings is 1. The molecule has 1 aromatic carbocycles. The Hall–Kier alpha value is -1.45. The van der Waals surface area contributed by atoms with Crippen molar-refractivity contribution in [3.05, 3.63) is 35.4 Å². The van der Waals surface area contributed by atoms with Crippen LogP contribution in [-0.4, -0.2) is 13.0 Å². The predicted molar refractivity (Wildman–Crippen MR) is 67.2 cm³/mol. The van der Waals surface area contributed by atoms with Gasteiger partial charge in [0.05, 0.1) is 0 Å². The van der Waals surface area contributed by atoms with Gasteiger partial charge in [0, 0.05) is 13.5 Å². The van der Waals surface area contributed by atoms with Crippen molar-refractivity contribution in [2.24, 2.45) is 5.41 Å². The number of rotatable bonds is 3. The second-order valence-corrected chi connectivity index (χ2v) is 5.47. The van der Waals surface area contributed by atoms with E-state index in [-0.39, 0.29) is 23.7 Å². The van der Waals surface area contributed by atoms with Crippen LogP contribution >= 0.6 is 0 Å². The lowest BCUT2D eigenvalue weighted by molar-refractivity contribution is -0.121. The maximum atomic E-state index is 13.3. The van der Waals surface area contributed by atoms with Gasteiger partial charge in [0.15, 0.2) is 11.6 Å². The first-order valence-electron chi connectivity index (χ1n) is 5.91. The standard InChI is InChI=1S/C14H19F2NO/c1-14(2,3)10(8-13(18)17-4)9-5-6-11(15)12(16)7-9/h5-7,10H,8H2,1-4H3,(H,17,18). The summed E-state index contributed by atoms with van der Waals surface area (Å²) in [6, 6.07) is 3.82. The third-order valence-corrected chi connectivity index (χ3v) is 3.06. The largest absolute Gasteiger partial charge is 0.359 e. The van der Waals surface area contributed by atoms with Gasteiger partial charge in [-0.1, -0.05) is 26.8 Å². The van der Waals surface area contributed by atoms with Gasteiger partial charge in [0.25, 0.3) is 0 Å². The molecule has 100 valence electrons. The second kappa shape index (κ2) is 5.46. The number of amides is 1. The van der Waals surface area contributed by atoms with E-state index >= 15 is 0 Å². The van der Waals surface area contributed by atoms with Gasteiger partial charge in [-0.2, -0.15) is 0 Å². The molecule has 1 unspecified atom stereocenters. The van der Waals surface area contributed by atoms with Crippen molar-refractivity contribution in [3.8, 4) is 0 Å². The van der Waals surface area contributed by atoms with Crippen LogP contribution in [0.15, 0.2) is 18.2 Å². The first-order chi connectivity index (χ1) is 8.25. The van der Waals surface area contributed by atoms with Crippen LogP contribution in [0.25, 0.3) is 0 Å². The molecule has 0 fully saturated rings. The van der Waals surface area contributed by atoms with Crippen molar-refractivity contribution in [2.45, 2.75) is 33.1 Å². The number of halogens is 2. The molecule has 1 aromatic rings. The van der Waals surface area contributed by atoms with Gasteiger partial charge in [0.2, 0.25) is 5.91 Å². The second-order valence-electron chi connectivity index (χ2n) is 5.47. The van der Waals surface area contributed by atoms with Crippen molar-refractivity contribution >= 4 is 5.91 Å². The summed E-state index contributed by atoms with van der Waals surface area (Å²) in [4.78, 5) is 11.5. The first kappa shape index (κ1) is 14.6. The van der Waals surface area contributed by atoms with Crippen LogP contribution in [0.4, 0.5) is 8.78 Å². The molecule has 2 nitrogen and oxygen atoms in total. The molecule has 0 aliphatic rings. The Labute approximate surface area is 106 Å². The summed E-state index contributed by atoms with van der Waals surface area (Å²) in [5.41, 5.74) is 0.432. The Morgan fingerprint density at radius 2 is 1.89 bits per heavy atom. The molecule has 0 bridgehead atoms. The van der Waals surface area contributed by atoms with Crippen molar-refractivity contribution in [2.75, 3.05) is 7.05 Å². The monoisotopic (exact) mass is 255 g/mol. The Morgan fingerprint density at radius 1 is 1.28 bits per heavy atom. The normalized spacial score (nSPS) is 13.2. The fraction of sp³-hybridized carbons (Fsp3) is 0.500. The van der Waals surface area contributed by atoms with Gasteiger partial charge in [-0.15, -0.1) is 0 Å². The minimum Gasteiger partial charge on any atom is -0.359 e. The van der Waals surface area contributed by atoms with Crippen LogP contribution in [0.2, 0.25) is 0 Å². The van der Waals surface area contributed by atoms with E-state index in [2.05, 4.69) is 5.32 Å². The third kappa shape index (κ3) is 3.52. The highest BCUT2D eigenvalue weighted by Crippen LogP contribution is 2.38. The van der Waals surface area contributed by atoms with Crippen LogP contribution in [0.3, 0.4) is 0 Å². The van der Waals surface area contributed by atoms with E-state index in [9.17, 15) is 13.6 Å². The smallest absolute Gasteiger partial charge is 0.220 e. The summed E-state index contributed by atoms with van der Waals surface area (Å²) in [5, 5.41) is 2.56. The highest BCUT2D eigenvalue weighted by atomic mass is 19.2. The number of carbonyl (C=O) groups excluding carboxylic acids is 1. The lowest BCUT2D eigenvalue weighted by Crippen LogP contribution is -2.27. The van der Waals surface area contributed by atoms with Gasteiger partial charge in [-0.25, -0.2) is 8.78 Å². The lowest BCUT2D eigenvalue weighted by Gasteiger charge is -2.30. The molecule has 0 heterocycles. The number of hydrogen-bond acceptors (Lipinski definition) is 1. The molecule has 0 aromatic heterocycles. The summed E-state index contributed by atoms with van der Waals surface area (Å²) in [6.45, 7) is 5.92. The molecule has 0 saturated heterocycles. The Morgan fingerprint density at radius 3 is 2.33 bits per heavy atom. The van der Waals surface area contributed by atoms with Gasteiger partial charge >= 0.3 is 0 Å². The van der Waals surface area contributed by atoms with Gasteiger partial charge in [-0.05, 0) is 29.0 Å². The van der Waals surface area contributed by atoms with Crippen LogP contribution in [-0.2, 0) is 4.79 Å². The number of nitrogens with one attached hydrogen (secondary N) is 1. The molecule has 4 heteroatoms. The van der Waals surface area contributed by atoms with Crippen molar-refractivity contribution in [3.63, 3.8) is 0 Å². The maximum absolute atomic E-state index is 13.3. The van der Waals surface area contributed by atoms with Gasteiger partial charge in [-0.3, -0.25) is 4.79 Å². The minimum absolute atomic E-state index is 0.111. The molecule has 0 aliphatic carbocycles. The van der Waals surface area contributed by atoms with E-state index in [0.717, 1.165) is 6.07 Å². The van der Waals surface area contributed by atoms with E-state index in [4.69, 9.17) is 0 Å². The fourth-order valence-corrected chi connectivity index (χ4v) is 1.94. The van der Waals surface area contributed by atoms with E-state index in [1.807, 2.05) is 20.8 Å². The SMILES string of the molecule is CNC(=O)CC(c1ccc(F)c(F)c1)C(C)(C)C. The number of carbonyl (C=O) groups is 1. The molecular formula is C14H19F2NO. The van der Waals surface area contributed by atoms with Gasteiger partial charge < -0.3 is 5.32 Å². The molecular weight excluding hydrogens is 236 g/mol. The Bertz CT molecular complexity index is 438. The zero-order chi connectivity index (χ0) is 13.9. The topological polar surface area (TPSA) is 29.1 Å². The maximum Gasteiger partial charge on any atom is 0.220 e. The molecule has 18 heavy (non-hydrogen) atoms. The summed E-state index contributed by atoms with van der Waals surface area (Å²) < 4.78 is 26.2. The lowest BCUT2D eigenvalue weighted by atomic mass is 9.74. The third-order valence-electron chi connectivity index (χ3n) is 3.06. The summed E-state index contributed by atoms with van der Waals surface area (Å²) in [5.74, 6) is -2.02. The van der Waals surface area contributed by atoms with E-state index in [0.29, 0.717) is 5.56 Å². The van der Waals surface area contributed by atoms with Crippen LogP contribution < -0.4 is 5.32 Å². The predicted octanol–water partition coefficient (Wildman–Crippen LogP) is 3.23. The summed E-state index contributed by atoms with van der Waals surface area (Å²) >= 11 is 0. The van der Waals surface area contributed by atoms with E-state index in [1.165, 1.54) is 12.1 Å². The highest BCUT2D eigenvalue weighted by Gasteiger charge is 2.28. The van der Waals surface area contributed by atoms with Gasteiger partial charge in [0.1, 0.15) is 0 Å². The molecule has 1 amide bonds. The minimum atomic E-state index is -0.876.